The maximum absolute atomic E-state index is 11.0. The Morgan fingerprint density at radius 3 is 1.59 bits per heavy atom. The maximum atomic E-state index is 11.0. The molecule has 0 bridgehead atoms. The number of carbonyl (C=O) groups excluding carboxylic acids is 2. The Balaban J connectivity index is 0. The highest BCUT2D eigenvalue weighted by Gasteiger charge is 2.32. The van der Waals surface area contributed by atoms with Crippen LogP contribution in [0.25, 0.3) is 0 Å². The van der Waals surface area contributed by atoms with Gasteiger partial charge in [-0.25, -0.2) is 0 Å². The van der Waals surface area contributed by atoms with E-state index in [0.29, 0.717) is 0 Å². The van der Waals surface area contributed by atoms with Crippen LogP contribution in [-0.4, -0.2) is 75.0 Å². The van der Waals surface area contributed by atoms with Crippen LogP contribution in [0.3, 0.4) is 0 Å². The largest absolute Gasteiger partial charge is 0.465 e. The summed E-state index contributed by atoms with van der Waals surface area (Å²) in [5.41, 5.74) is 0. The van der Waals surface area contributed by atoms with Gasteiger partial charge in [-0.05, 0) is 13.8 Å². The van der Waals surface area contributed by atoms with Crippen LogP contribution in [-0.2, 0) is 19.1 Å². The van der Waals surface area contributed by atoms with E-state index in [-0.39, 0.29) is 13.2 Å². The van der Waals surface area contributed by atoms with Gasteiger partial charge in [-0.15, -0.1) is 23.2 Å². The zero-order chi connectivity index (χ0) is 17.7. The first-order valence-electron chi connectivity index (χ1n) is 6.69. The standard InChI is InChI=1S/C8H12Cl2O4.C5H13N3/c1-3-13-7(11)5(9)6(10)8(12)14-4-2;1-6-5(7-2)8(3)4/h5-6H,3-4H2,1-2H3;1-4H3,(H,6,7). The summed E-state index contributed by atoms with van der Waals surface area (Å²) in [5, 5.41) is 0.502. The molecule has 2 atom stereocenters. The Labute approximate surface area is 141 Å². The SMILES string of the molecule is CCOC(=O)C(Cl)C(Cl)C(=O)OCC.CN=C(NC)N(C)C. The van der Waals surface area contributed by atoms with Crippen molar-refractivity contribution in [2.75, 3.05) is 41.4 Å². The van der Waals surface area contributed by atoms with Crippen LogP contribution in [0, 0.1) is 0 Å². The normalized spacial score (nSPS) is 13.2. The number of carbonyl (C=O) groups is 2. The second-order valence-corrected chi connectivity index (χ2v) is 4.94. The second-order valence-electron chi connectivity index (χ2n) is 4.00. The fraction of sp³-hybridized carbons (Fsp3) is 0.769. The summed E-state index contributed by atoms with van der Waals surface area (Å²) in [4.78, 5) is 27.9. The van der Waals surface area contributed by atoms with Crippen LogP contribution in [0.1, 0.15) is 13.8 Å². The smallest absolute Gasteiger partial charge is 0.326 e. The molecule has 9 heteroatoms. The van der Waals surface area contributed by atoms with Crippen molar-refractivity contribution in [1.82, 2.24) is 10.2 Å². The van der Waals surface area contributed by atoms with Gasteiger partial charge in [0.2, 0.25) is 0 Å². The average molecular weight is 358 g/mol. The Bertz CT molecular complexity index is 343. The summed E-state index contributed by atoms with van der Waals surface area (Å²) in [6, 6.07) is 0. The lowest BCUT2D eigenvalue weighted by molar-refractivity contribution is -0.149. The monoisotopic (exact) mass is 357 g/mol. The molecule has 0 radical (unpaired) electrons. The van der Waals surface area contributed by atoms with Crippen LogP contribution >= 0.6 is 23.2 Å². The van der Waals surface area contributed by atoms with Gasteiger partial charge in [0, 0.05) is 28.2 Å². The van der Waals surface area contributed by atoms with Crippen molar-refractivity contribution in [3.8, 4) is 0 Å². The van der Waals surface area contributed by atoms with E-state index in [1.807, 2.05) is 26.0 Å². The average Bonchev–Trinajstić information content (AvgIpc) is 2.47. The van der Waals surface area contributed by atoms with Crippen molar-refractivity contribution in [2.45, 2.75) is 24.6 Å². The molecule has 0 aromatic rings. The number of rotatable bonds is 5. The zero-order valence-electron chi connectivity index (χ0n) is 13.9. The lowest BCUT2D eigenvalue weighted by Gasteiger charge is -2.13. The van der Waals surface area contributed by atoms with Crippen molar-refractivity contribution in [3.05, 3.63) is 0 Å². The van der Waals surface area contributed by atoms with Gasteiger partial charge in [0.05, 0.1) is 13.2 Å². The lowest BCUT2D eigenvalue weighted by atomic mass is 10.3. The molecule has 2 unspecified atom stereocenters. The molecule has 0 aromatic carbocycles. The van der Waals surface area contributed by atoms with Gasteiger partial charge in [-0.3, -0.25) is 14.6 Å². The number of aliphatic imine (C=N–C) groups is 1. The summed E-state index contributed by atoms with van der Waals surface area (Å²) >= 11 is 11.2. The molecule has 7 nitrogen and oxygen atoms in total. The molecule has 0 aliphatic carbocycles. The van der Waals surface area contributed by atoms with E-state index in [9.17, 15) is 9.59 Å². The third-order valence-corrected chi connectivity index (χ3v) is 3.13. The van der Waals surface area contributed by atoms with Gasteiger partial charge >= 0.3 is 11.9 Å². The number of hydrogen-bond acceptors (Lipinski definition) is 5. The molecule has 0 aromatic heterocycles. The van der Waals surface area contributed by atoms with E-state index >= 15 is 0 Å². The van der Waals surface area contributed by atoms with E-state index < -0.39 is 22.7 Å². The van der Waals surface area contributed by atoms with Crippen LogP contribution in [0.2, 0.25) is 0 Å². The fourth-order valence-corrected chi connectivity index (χ4v) is 1.55. The van der Waals surface area contributed by atoms with Crippen molar-refractivity contribution in [1.29, 1.82) is 0 Å². The van der Waals surface area contributed by atoms with E-state index in [1.165, 1.54) is 0 Å². The quantitative estimate of drug-likeness (QED) is 0.343. The first-order chi connectivity index (χ1) is 10.3. The minimum Gasteiger partial charge on any atom is -0.465 e. The van der Waals surface area contributed by atoms with E-state index in [0.717, 1.165) is 5.96 Å². The van der Waals surface area contributed by atoms with Crippen molar-refractivity contribution >= 4 is 41.1 Å². The van der Waals surface area contributed by atoms with E-state index in [1.54, 1.807) is 20.9 Å². The molecule has 0 aliphatic heterocycles. The molecular formula is C13H25Cl2N3O4. The van der Waals surface area contributed by atoms with Crippen molar-refractivity contribution in [3.63, 3.8) is 0 Å². The molecule has 130 valence electrons. The predicted molar refractivity (Wildman–Crippen MR) is 88.7 cm³/mol. The van der Waals surface area contributed by atoms with E-state index in [2.05, 4.69) is 19.8 Å². The Morgan fingerprint density at radius 2 is 1.45 bits per heavy atom. The number of nitrogens with zero attached hydrogens (tertiary/aromatic N) is 2. The number of esters is 2. The number of halogens is 2. The van der Waals surface area contributed by atoms with Gasteiger partial charge in [0.1, 0.15) is 0 Å². The highest BCUT2D eigenvalue weighted by atomic mass is 35.5. The Kier molecular flexibility index (Phi) is 14.1. The molecule has 0 amide bonds. The molecule has 0 fully saturated rings. The number of nitrogens with one attached hydrogen (secondary N) is 1. The minimum atomic E-state index is -1.21. The van der Waals surface area contributed by atoms with Crippen molar-refractivity contribution in [2.24, 2.45) is 4.99 Å². The molecule has 0 rings (SSSR count). The molecule has 1 N–H and O–H groups in total. The summed E-state index contributed by atoms with van der Waals surface area (Å²) in [6.45, 7) is 3.65. The predicted octanol–water partition coefficient (Wildman–Crippen LogP) is 1.08. The Morgan fingerprint density at radius 1 is 1.09 bits per heavy atom. The molecule has 0 saturated heterocycles. The molecule has 22 heavy (non-hydrogen) atoms. The summed E-state index contributed by atoms with van der Waals surface area (Å²) in [6.07, 6.45) is 0. The molecule has 0 spiro atoms. The number of guanidine groups is 1. The molecule has 0 aliphatic rings. The van der Waals surface area contributed by atoms with Gasteiger partial charge in [0.15, 0.2) is 16.7 Å². The molecular weight excluding hydrogens is 333 g/mol. The maximum Gasteiger partial charge on any atom is 0.326 e. The van der Waals surface area contributed by atoms with Crippen LogP contribution in [0.15, 0.2) is 4.99 Å². The molecule has 0 saturated carbocycles. The van der Waals surface area contributed by atoms with Gasteiger partial charge in [-0.2, -0.15) is 0 Å². The number of ether oxygens (including phenoxy) is 2. The van der Waals surface area contributed by atoms with E-state index in [4.69, 9.17) is 23.2 Å². The third-order valence-electron chi connectivity index (χ3n) is 2.14. The molecule has 0 heterocycles. The summed E-state index contributed by atoms with van der Waals surface area (Å²) in [5.74, 6) is -0.547. The third kappa shape index (κ3) is 9.68. The highest BCUT2D eigenvalue weighted by Crippen LogP contribution is 2.13. The van der Waals surface area contributed by atoms with Crippen LogP contribution in [0.4, 0.5) is 0 Å². The Hall–Kier alpha value is -1.21. The summed E-state index contributed by atoms with van der Waals surface area (Å²) < 4.78 is 9.18. The first kappa shape index (κ1) is 23.1. The fourth-order valence-electron chi connectivity index (χ4n) is 1.22. The number of hydrogen-bond donors (Lipinski definition) is 1. The van der Waals surface area contributed by atoms with Crippen molar-refractivity contribution < 1.29 is 19.1 Å². The van der Waals surface area contributed by atoms with Crippen LogP contribution < -0.4 is 5.32 Å². The van der Waals surface area contributed by atoms with Gasteiger partial charge in [0.25, 0.3) is 0 Å². The lowest BCUT2D eigenvalue weighted by Crippen LogP contribution is -2.34. The topological polar surface area (TPSA) is 80.2 Å². The first-order valence-corrected chi connectivity index (χ1v) is 7.57. The van der Waals surface area contributed by atoms with Crippen LogP contribution in [0.5, 0.6) is 0 Å². The second kappa shape index (κ2) is 13.5. The van der Waals surface area contributed by atoms with Gasteiger partial charge in [-0.1, -0.05) is 0 Å². The van der Waals surface area contributed by atoms with Gasteiger partial charge < -0.3 is 19.7 Å². The minimum absolute atomic E-state index is 0.189. The zero-order valence-corrected chi connectivity index (χ0v) is 15.4. The number of alkyl halides is 2. The summed E-state index contributed by atoms with van der Waals surface area (Å²) in [7, 11) is 7.49. The highest BCUT2D eigenvalue weighted by molar-refractivity contribution is 6.41.